The van der Waals surface area contributed by atoms with Gasteiger partial charge in [-0.3, -0.25) is 9.59 Å². The van der Waals surface area contributed by atoms with Gasteiger partial charge in [-0.05, 0) is 43.4 Å². The van der Waals surface area contributed by atoms with Crippen molar-refractivity contribution in [1.82, 2.24) is 4.90 Å². The predicted octanol–water partition coefficient (Wildman–Crippen LogP) is 2.58. The van der Waals surface area contributed by atoms with E-state index >= 15 is 0 Å². The number of nitrogens with one attached hydrogen (secondary N) is 1. The number of nitrogens with zero attached hydrogens (tertiary/aromatic N) is 1. The van der Waals surface area contributed by atoms with Gasteiger partial charge in [-0.1, -0.05) is 19.1 Å². The van der Waals surface area contributed by atoms with Gasteiger partial charge in [0.2, 0.25) is 11.8 Å². The number of carbonyl (C=O) groups excluding carboxylic acids is 2. The van der Waals surface area contributed by atoms with Crippen molar-refractivity contribution in [2.45, 2.75) is 33.1 Å². The van der Waals surface area contributed by atoms with Crippen LogP contribution in [0.25, 0.3) is 0 Å². The molecule has 1 N–H and O–H groups in total. The van der Waals surface area contributed by atoms with Crippen molar-refractivity contribution in [2.24, 2.45) is 5.92 Å². The number of likely N-dealkylation sites (tertiary alicyclic amines) is 1. The van der Waals surface area contributed by atoms with Crippen molar-refractivity contribution in [3.8, 4) is 0 Å². The Morgan fingerprint density at radius 1 is 1.30 bits per heavy atom. The van der Waals surface area contributed by atoms with E-state index in [2.05, 4.69) is 12.2 Å². The fraction of sp³-hybridized carbons (Fsp3) is 0.500. The minimum absolute atomic E-state index is 0.0671. The van der Waals surface area contributed by atoms with Gasteiger partial charge in [0, 0.05) is 18.8 Å². The first-order valence-corrected chi connectivity index (χ1v) is 7.19. The number of benzene rings is 1. The van der Waals surface area contributed by atoms with Crippen LogP contribution in [0.5, 0.6) is 0 Å². The number of piperidine rings is 1. The Bertz CT molecular complexity index is 491. The highest BCUT2D eigenvalue weighted by Gasteiger charge is 2.22. The number of hydrogen-bond donors (Lipinski definition) is 1. The Hall–Kier alpha value is -1.84. The number of hydrogen-bond acceptors (Lipinski definition) is 2. The molecule has 1 aromatic carbocycles. The first kappa shape index (κ1) is 14.6. The maximum atomic E-state index is 12.0. The molecule has 1 aliphatic heterocycles. The maximum Gasteiger partial charge on any atom is 0.233 e. The van der Waals surface area contributed by atoms with E-state index in [0.717, 1.165) is 37.2 Å². The Morgan fingerprint density at radius 2 is 2.00 bits per heavy atom. The number of carbonyl (C=O) groups is 2. The van der Waals surface area contributed by atoms with Gasteiger partial charge in [-0.2, -0.15) is 0 Å². The van der Waals surface area contributed by atoms with E-state index in [1.165, 1.54) is 0 Å². The van der Waals surface area contributed by atoms with Crippen LogP contribution in [0.1, 0.15) is 31.7 Å². The molecule has 0 radical (unpaired) electrons. The normalized spacial score (nSPS) is 16.0. The summed E-state index contributed by atoms with van der Waals surface area (Å²) in [5.41, 5.74) is 1.83. The molecule has 0 atom stereocenters. The largest absolute Gasteiger partial charge is 0.342 e. The molecule has 1 saturated heterocycles. The second kappa shape index (κ2) is 6.55. The lowest BCUT2D eigenvalue weighted by Crippen LogP contribution is -2.39. The standard InChI is InChI=1S/C16H22N2O2/c1-12-6-8-18(9-7-12)16(20)11-15(19)17-14-5-3-4-13(2)10-14/h3-5,10,12H,6-9,11H2,1-2H3,(H,17,19). The molecule has 0 aromatic heterocycles. The minimum Gasteiger partial charge on any atom is -0.342 e. The third-order valence-electron chi connectivity index (χ3n) is 3.75. The zero-order valence-electron chi connectivity index (χ0n) is 12.2. The third-order valence-corrected chi connectivity index (χ3v) is 3.75. The quantitative estimate of drug-likeness (QED) is 0.861. The molecule has 0 saturated carbocycles. The van der Waals surface area contributed by atoms with Gasteiger partial charge in [0.1, 0.15) is 6.42 Å². The number of aryl methyl sites for hydroxylation is 1. The summed E-state index contributed by atoms with van der Waals surface area (Å²) in [5.74, 6) is 0.376. The van der Waals surface area contributed by atoms with Crippen LogP contribution >= 0.6 is 0 Å². The van der Waals surface area contributed by atoms with Crippen LogP contribution < -0.4 is 5.32 Å². The predicted molar refractivity (Wildman–Crippen MR) is 79.4 cm³/mol. The van der Waals surface area contributed by atoms with Crippen molar-refractivity contribution in [3.63, 3.8) is 0 Å². The molecule has 0 unspecified atom stereocenters. The lowest BCUT2D eigenvalue weighted by Gasteiger charge is -2.30. The molecule has 0 spiro atoms. The van der Waals surface area contributed by atoms with E-state index in [4.69, 9.17) is 0 Å². The average Bonchev–Trinajstić information content (AvgIpc) is 2.39. The van der Waals surface area contributed by atoms with Crippen LogP contribution in [0.3, 0.4) is 0 Å². The summed E-state index contributed by atoms with van der Waals surface area (Å²) < 4.78 is 0. The Labute approximate surface area is 120 Å². The molecule has 4 heteroatoms. The van der Waals surface area contributed by atoms with Crippen LogP contribution in [0, 0.1) is 12.8 Å². The number of anilines is 1. The van der Waals surface area contributed by atoms with Gasteiger partial charge in [-0.25, -0.2) is 0 Å². The summed E-state index contributed by atoms with van der Waals surface area (Å²) in [6.45, 7) is 5.72. The van der Waals surface area contributed by atoms with Gasteiger partial charge >= 0.3 is 0 Å². The Morgan fingerprint density at radius 3 is 2.65 bits per heavy atom. The van der Waals surface area contributed by atoms with Crippen molar-refractivity contribution < 1.29 is 9.59 Å². The Balaban J connectivity index is 1.83. The van der Waals surface area contributed by atoms with Gasteiger partial charge in [0.05, 0.1) is 0 Å². The fourth-order valence-electron chi connectivity index (χ4n) is 2.44. The zero-order valence-corrected chi connectivity index (χ0v) is 12.2. The summed E-state index contributed by atoms with van der Waals surface area (Å²) in [7, 11) is 0. The molecule has 2 rings (SSSR count). The number of rotatable bonds is 3. The van der Waals surface area contributed by atoms with E-state index < -0.39 is 0 Å². The summed E-state index contributed by atoms with van der Waals surface area (Å²) in [6.07, 6.45) is 2.00. The van der Waals surface area contributed by atoms with E-state index in [1.54, 1.807) is 4.90 Å². The smallest absolute Gasteiger partial charge is 0.233 e. The molecule has 108 valence electrons. The van der Waals surface area contributed by atoms with Crippen LogP contribution in [-0.4, -0.2) is 29.8 Å². The molecule has 1 heterocycles. The van der Waals surface area contributed by atoms with Crippen LogP contribution in [0.15, 0.2) is 24.3 Å². The highest BCUT2D eigenvalue weighted by atomic mass is 16.2. The molecule has 1 aromatic rings. The molecule has 4 nitrogen and oxygen atoms in total. The summed E-state index contributed by atoms with van der Waals surface area (Å²) >= 11 is 0. The van der Waals surface area contributed by atoms with Crippen molar-refractivity contribution in [2.75, 3.05) is 18.4 Å². The maximum absolute atomic E-state index is 12.0. The van der Waals surface area contributed by atoms with Gasteiger partial charge in [-0.15, -0.1) is 0 Å². The molecule has 1 fully saturated rings. The molecule has 1 aliphatic rings. The number of amides is 2. The summed E-state index contributed by atoms with van der Waals surface area (Å²) in [6, 6.07) is 7.58. The van der Waals surface area contributed by atoms with Crippen molar-refractivity contribution in [3.05, 3.63) is 29.8 Å². The molecular weight excluding hydrogens is 252 g/mol. The van der Waals surface area contributed by atoms with Crippen molar-refractivity contribution in [1.29, 1.82) is 0 Å². The second-order valence-electron chi connectivity index (χ2n) is 5.66. The lowest BCUT2D eigenvalue weighted by molar-refractivity contribution is -0.135. The first-order chi connectivity index (χ1) is 9.54. The van der Waals surface area contributed by atoms with Gasteiger partial charge in [0.15, 0.2) is 0 Å². The zero-order chi connectivity index (χ0) is 14.5. The highest BCUT2D eigenvalue weighted by Crippen LogP contribution is 2.17. The van der Waals surface area contributed by atoms with Crippen LogP contribution in [0.2, 0.25) is 0 Å². The molecular formula is C16H22N2O2. The van der Waals surface area contributed by atoms with Gasteiger partial charge in [0.25, 0.3) is 0 Å². The van der Waals surface area contributed by atoms with E-state index in [-0.39, 0.29) is 18.2 Å². The average molecular weight is 274 g/mol. The van der Waals surface area contributed by atoms with Crippen LogP contribution in [0.4, 0.5) is 5.69 Å². The molecule has 2 amide bonds. The second-order valence-corrected chi connectivity index (χ2v) is 5.66. The highest BCUT2D eigenvalue weighted by molar-refractivity contribution is 6.03. The first-order valence-electron chi connectivity index (χ1n) is 7.19. The van der Waals surface area contributed by atoms with Crippen LogP contribution in [-0.2, 0) is 9.59 Å². The van der Waals surface area contributed by atoms with Gasteiger partial charge < -0.3 is 10.2 Å². The monoisotopic (exact) mass is 274 g/mol. The lowest BCUT2D eigenvalue weighted by atomic mass is 9.99. The molecule has 0 bridgehead atoms. The van der Waals surface area contributed by atoms with E-state index in [9.17, 15) is 9.59 Å². The third kappa shape index (κ3) is 4.08. The SMILES string of the molecule is Cc1cccc(NC(=O)CC(=O)N2CCC(C)CC2)c1. The topological polar surface area (TPSA) is 49.4 Å². The molecule has 0 aliphatic carbocycles. The molecule has 20 heavy (non-hydrogen) atoms. The Kier molecular flexibility index (Phi) is 4.77. The van der Waals surface area contributed by atoms with Crippen molar-refractivity contribution >= 4 is 17.5 Å². The van der Waals surface area contributed by atoms with E-state index in [1.807, 2.05) is 31.2 Å². The minimum atomic E-state index is -0.237. The van der Waals surface area contributed by atoms with E-state index in [0.29, 0.717) is 5.92 Å². The summed E-state index contributed by atoms with van der Waals surface area (Å²) in [4.78, 5) is 25.7. The fourth-order valence-corrected chi connectivity index (χ4v) is 2.44. The summed E-state index contributed by atoms with van der Waals surface area (Å²) in [5, 5.41) is 2.78.